The van der Waals surface area contributed by atoms with E-state index in [4.69, 9.17) is 21.1 Å². The van der Waals surface area contributed by atoms with Crippen molar-refractivity contribution in [2.24, 2.45) is 4.99 Å². The molecule has 0 N–H and O–H groups in total. The van der Waals surface area contributed by atoms with E-state index < -0.39 is 0 Å². The van der Waals surface area contributed by atoms with Crippen LogP contribution in [0.4, 0.5) is 5.69 Å². The number of benzene rings is 2. The van der Waals surface area contributed by atoms with Gasteiger partial charge in [0.05, 0.1) is 12.0 Å². The minimum atomic E-state index is 0.399. The fourth-order valence-corrected chi connectivity index (χ4v) is 2.95. The first-order valence-corrected chi connectivity index (χ1v) is 9.94. The number of aliphatic imine (C=N–C) groups is 1. The number of aromatic nitrogens is 2. The van der Waals surface area contributed by atoms with Crippen LogP contribution in [0.5, 0.6) is 21.9 Å². The molecule has 0 unspecified atom stereocenters. The van der Waals surface area contributed by atoms with E-state index in [0.29, 0.717) is 21.2 Å². The smallest absolute Gasteiger partial charge is 0.302 e. The SMILES string of the molecule is CCN(C)/C=N/c1cc(C)c(Oc2nnc(Oc3ccc(Cl)cc3)s2)cc1C. The Balaban J connectivity index is 1.71. The van der Waals surface area contributed by atoms with Gasteiger partial charge in [-0.25, -0.2) is 4.99 Å². The number of ether oxygens (including phenoxy) is 2. The molecule has 0 aliphatic rings. The summed E-state index contributed by atoms with van der Waals surface area (Å²) >= 11 is 7.11. The molecule has 0 spiro atoms. The Hall–Kier alpha value is -2.64. The van der Waals surface area contributed by atoms with Crippen molar-refractivity contribution in [3.63, 3.8) is 0 Å². The predicted octanol–water partition coefficient (Wildman–Crippen LogP) is 6.00. The third-order valence-electron chi connectivity index (χ3n) is 3.99. The maximum atomic E-state index is 5.91. The van der Waals surface area contributed by atoms with E-state index >= 15 is 0 Å². The number of halogens is 1. The maximum Gasteiger partial charge on any atom is 0.302 e. The molecule has 0 radical (unpaired) electrons. The number of rotatable bonds is 7. The molecule has 6 nitrogen and oxygen atoms in total. The summed E-state index contributed by atoms with van der Waals surface area (Å²) in [6.07, 6.45) is 1.83. The molecule has 1 heterocycles. The van der Waals surface area contributed by atoms with Gasteiger partial charge in [-0.2, -0.15) is 0 Å². The Kier molecular flexibility index (Phi) is 6.49. The van der Waals surface area contributed by atoms with Gasteiger partial charge in [-0.1, -0.05) is 21.8 Å². The van der Waals surface area contributed by atoms with Crippen LogP contribution in [0.15, 0.2) is 41.4 Å². The second kappa shape index (κ2) is 9.03. The first kappa shape index (κ1) is 20.1. The summed E-state index contributed by atoms with van der Waals surface area (Å²) in [4.78, 5) is 6.55. The van der Waals surface area contributed by atoms with Gasteiger partial charge in [0.25, 0.3) is 0 Å². The molecule has 3 aromatic rings. The summed E-state index contributed by atoms with van der Waals surface area (Å²) in [6, 6.07) is 11.0. The molecular weight excluding hydrogens is 396 g/mol. The Morgan fingerprint density at radius 2 is 1.75 bits per heavy atom. The van der Waals surface area contributed by atoms with Crippen LogP contribution < -0.4 is 9.47 Å². The molecule has 0 atom stereocenters. The van der Waals surface area contributed by atoms with Gasteiger partial charge < -0.3 is 14.4 Å². The van der Waals surface area contributed by atoms with E-state index in [1.807, 2.05) is 44.3 Å². The lowest BCUT2D eigenvalue weighted by Crippen LogP contribution is -2.14. The van der Waals surface area contributed by atoms with E-state index in [-0.39, 0.29) is 0 Å². The summed E-state index contributed by atoms with van der Waals surface area (Å²) in [5.41, 5.74) is 2.89. The van der Waals surface area contributed by atoms with Crippen molar-refractivity contribution in [3.05, 3.63) is 52.5 Å². The average Bonchev–Trinajstić information content (AvgIpc) is 3.11. The Bertz CT molecular complexity index is 973. The zero-order valence-corrected chi connectivity index (χ0v) is 17.7. The molecule has 146 valence electrons. The van der Waals surface area contributed by atoms with Gasteiger partial charge in [0.2, 0.25) is 0 Å². The highest BCUT2D eigenvalue weighted by Crippen LogP contribution is 2.35. The molecular formula is C20H21ClN4O2S. The van der Waals surface area contributed by atoms with Gasteiger partial charge in [0.15, 0.2) is 0 Å². The molecule has 0 aliphatic heterocycles. The van der Waals surface area contributed by atoms with Crippen LogP contribution >= 0.6 is 22.9 Å². The van der Waals surface area contributed by atoms with Gasteiger partial charge in [-0.05, 0) is 79.6 Å². The monoisotopic (exact) mass is 416 g/mol. The number of hydrogen-bond donors (Lipinski definition) is 0. The molecule has 0 aliphatic carbocycles. The van der Waals surface area contributed by atoms with Gasteiger partial charge in [-0.3, -0.25) is 0 Å². The van der Waals surface area contributed by atoms with Crippen molar-refractivity contribution in [1.82, 2.24) is 15.1 Å². The highest BCUT2D eigenvalue weighted by atomic mass is 35.5. The second-order valence-electron chi connectivity index (χ2n) is 6.21. The topological polar surface area (TPSA) is 59.8 Å². The molecule has 0 bridgehead atoms. The largest absolute Gasteiger partial charge is 0.430 e. The zero-order valence-electron chi connectivity index (χ0n) is 16.1. The summed E-state index contributed by atoms with van der Waals surface area (Å²) in [5, 5.41) is 9.52. The number of hydrogen-bond acceptors (Lipinski definition) is 6. The zero-order chi connectivity index (χ0) is 20.1. The fraction of sp³-hybridized carbons (Fsp3) is 0.250. The van der Waals surface area contributed by atoms with Crippen molar-refractivity contribution >= 4 is 35.0 Å². The van der Waals surface area contributed by atoms with Crippen LogP contribution in [0.25, 0.3) is 0 Å². The van der Waals surface area contributed by atoms with Gasteiger partial charge in [0.1, 0.15) is 11.5 Å². The van der Waals surface area contributed by atoms with Gasteiger partial charge >= 0.3 is 10.4 Å². The summed E-state index contributed by atoms with van der Waals surface area (Å²) in [5.74, 6) is 1.35. The predicted molar refractivity (Wildman–Crippen MR) is 114 cm³/mol. The van der Waals surface area contributed by atoms with Crippen molar-refractivity contribution in [3.8, 4) is 21.9 Å². The standard InChI is InChI=1S/C20H21ClN4O2S/c1-5-25(4)12-22-17-10-14(3)18(11-13(17)2)27-20-24-23-19(28-20)26-16-8-6-15(21)7-9-16/h6-12H,5H2,1-4H3/b22-12+. The molecule has 0 amide bonds. The summed E-state index contributed by atoms with van der Waals surface area (Å²) in [6.45, 7) is 6.96. The van der Waals surface area contributed by atoms with Crippen LogP contribution in [0, 0.1) is 13.8 Å². The summed E-state index contributed by atoms with van der Waals surface area (Å²) < 4.78 is 11.6. The molecule has 0 saturated carbocycles. The summed E-state index contributed by atoms with van der Waals surface area (Å²) in [7, 11) is 1.99. The minimum Gasteiger partial charge on any atom is -0.430 e. The molecule has 2 aromatic carbocycles. The third-order valence-corrected chi connectivity index (χ3v) is 4.92. The van der Waals surface area contributed by atoms with E-state index in [9.17, 15) is 0 Å². The van der Waals surface area contributed by atoms with Crippen molar-refractivity contribution in [2.45, 2.75) is 20.8 Å². The van der Waals surface area contributed by atoms with Crippen LogP contribution in [-0.2, 0) is 0 Å². The molecule has 28 heavy (non-hydrogen) atoms. The second-order valence-corrected chi connectivity index (χ2v) is 7.55. The van der Waals surface area contributed by atoms with E-state index in [1.165, 1.54) is 11.3 Å². The Labute approximate surface area is 173 Å². The van der Waals surface area contributed by atoms with E-state index in [1.54, 1.807) is 24.3 Å². The quantitative estimate of drug-likeness (QED) is 0.349. The highest BCUT2D eigenvalue weighted by Gasteiger charge is 2.12. The average molecular weight is 417 g/mol. The van der Waals surface area contributed by atoms with Gasteiger partial charge in [0, 0.05) is 18.6 Å². The van der Waals surface area contributed by atoms with Crippen molar-refractivity contribution < 1.29 is 9.47 Å². The maximum absolute atomic E-state index is 5.91. The van der Waals surface area contributed by atoms with E-state index in [0.717, 1.165) is 29.1 Å². The van der Waals surface area contributed by atoms with Crippen LogP contribution in [0.2, 0.25) is 5.02 Å². The number of nitrogens with zero attached hydrogens (tertiary/aromatic N) is 4. The van der Waals surface area contributed by atoms with E-state index in [2.05, 4.69) is 22.1 Å². The van der Waals surface area contributed by atoms with Crippen LogP contribution in [-0.4, -0.2) is 35.0 Å². The Morgan fingerprint density at radius 3 is 2.43 bits per heavy atom. The lowest BCUT2D eigenvalue weighted by Gasteiger charge is -2.11. The number of aryl methyl sites for hydroxylation is 2. The van der Waals surface area contributed by atoms with Crippen molar-refractivity contribution in [2.75, 3.05) is 13.6 Å². The van der Waals surface area contributed by atoms with Crippen molar-refractivity contribution in [1.29, 1.82) is 0 Å². The third kappa shape index (κ3) is 5.21. The van der Waals surface area contributed by atoms with Gasteiger partial charge in [-0.15, -0.1) is 0 Å². The van der Waals surface area contributed by atoms with Crippen LogP contribution in [0.3, 0.4) is 0 Å². The molecule has 3 rings (SSSR count). The molecule has 0 fully saturated rings. The fourth-order valence-electron chi connectivity index (χ4n) is 2.24. The first-order valence-electron chi connectivity index (χ1n) is 8.75. The first-order chi connectivity index (χ1) is 13.4. The van der Waals surface area contributed by atoms with Crippen LogP contribution in [0.1, 0.15) is 18.1 Å². The molecule has 8 heteroatoms. The lowest BCUT2D eigenvalue weighted by atomic mass is 10.1. The minimum absolute atomic E-state index is 0.399. The highest BCUT2D eigenvalue weighted by molar-refractivity contribution is 7.14. The lowest BCUT2D eigenvalue weighted by molar-refractivity contribution is 0.459. The molecule has 1 aromatic heterocycles. The molecule has 0 saturated heterocycles. The Morgan fingerprint density at radius 1 is 1.07 bits per heavy atom. The normalized spacial score (nSPS) is 11.0.